The van der Waals surface area contributed by atoms with Gasteiger partial charge >= 0.3 is 11.7 Å². The molecule has 0 bridgehead atoms. The Kier molecular flexibility index (Phi) is 5.41. The number of nitrogens with zero attached hydrogens (tertiary/aromatic N) is 4. The van der Waals surface area contributed by atoms with E-state index in [0.29, 0.717) is 21.4 Å². The number of fused-ring (bicyclic) bond motifs is 1. The Bertz CT molecular complexity index is 1450. The topological polar surface area (TPSA) is 71.1 Å². The average molecular weight is 459 g/mol. The first kappa shape index (κ1) is 21.2. The standard InChI is InChI=1S/C22H20Cl2N4O3/c1-12-5-6-13(2)17(9-12)31-21-25-19-18(26(21)3)20(29)28(22(30)27(19)4)11-14-7-8-15(23)16(24)10-14/h5-10H,11H2,1-4H3. The van der Waals surface area contributed by atoms with Crippen molar-refractivity contribution in [2.75, 3.05) is 0 Å². The Balaban J connectivity index is 1.85. The van der Waals surface area contributed by atoms with Crippen molar-refractivity contribution < 1.29 is 4.74 Å². The van der Waals surface area contributed by atoms with E-state index in [0.717, 1.165) is 15.7 Å². The maximum absolute atomic E-state index is 13.2. The zero-order valence-corrected chi connectivity index (χ0v) is 19.0. The Morgan fingerprint density at radius 3 is 2.42 bits per heavy atom. The lowest BCUT2D eigenvalue weighted by Crippen LogP contribution is -2.39. The van der Waals surface area contributed by atoms with Crippen LogP contribution < -0.4 is 16.0 Å². The van der Waals surface area contributed by atoms with Crippen molar-refractivity contribution in [2.24, 2.45) is 14.1 Å². The van der Waals surface area contributed by atoms with Crippen LogP contribution in [0.15, 0.2) is 46.0 Å². The molecule has 0 fully saturated rings. The second-order valence-electron chi connectivity index (χ2n) is 7.48. The minimum absolute atomic E-state index is 0.0523. The van der Waals surface area contributed by atoms with Crippen LogP contribution in [0.4, 0.5) is 0 Å². The van der Waals surface area contributed by atoms with Gasteiger partial charge in [0.05, 0.1) is 16.6 Å². The van der Waals surface area contributed by atoms with Crippen molar-refractivity contribution in [1.29, 1.82) is 0 Å². The highest BCUT2D eigenvalue weighted by atomic mass is 35.5. The molecule has 31 heavy (non-hydrogen) atoms. The molecule has 0 radical (unpaired) electrons. The third-order valence-corrected chi connectivity index (χ3v) is 5.93. The lowest BCUT2D eigenvalue weighted by molar-refractivity contribution is 0.424. The lowest BCUT2D eigenvalue weighted by Gasteiger charge is -2.10. The predicted molar refractivity (Wildman–Crippen MR) is 122 cm³/mol. The van der Waals surface area contributed by atoms with Gasteiger partial charge in [0.25, 0.3) is 5.56 Å². The van der Waals surface area contributed by atoms with E-state index in [2.05, 4.69) is 4.98 Å². The maximum Gasteiger partial charge on any atom is 0.332 e. The van der Waals surface area contributed by atoms with E-state index < -0.39 is 11.2 Å². The van der Waals surface area contributed by atoms with Crippen molar-refractivity contribution in [2.45, 2.75) is 20.4 Å². The summed E-state index contributed by atoms with van der Waals surface area (Å²) >= 11 is 12.1. The van der Waals surface area contributed by atoms with Gasteiger partial charge in [-0.15, -0.1) is 0 Å². The number of imidazole rings is 1. The smallest absolute Gasteiger partial charge is 0.332 e. The molecule has 2 aromatic carbocycles. The highest BCUT2D eigenvalue weighted by Crippen LogP contribution is 2.27. The molecule has 7 nitrogen and oxygen atoms in total. The van der Waals surface area contributed by atoms with Crippen LogP contribution in [0.25, 0.3) is 11.2 Å². The molecule has 0 unspecified atom stereocenters. The van der Waals surface area contributed by atoms with E-state index in [1.54, 1.807) is 36.9 Å². The van der Waals surface area contributed by atoms with Crippen molar-refractivity contribution in [3.63, 3.8) is 0 Å². The Morgan fingerprint density at radius 1 is 0.968 bits per heavy atom. The Labute approximate surface area is 188 Å². The molecule has 0 saturated heterocycles. The fourth-order valence-corrected chi connectivity index (χ4v) is 3.71. The number of hydrogen-bond donors (Lipinski definition) is 0. The monoisotopic (exact) mass is 458 g/mol. The number of hydrogen-bond acceptors (Lipinski definition) is 4. The molecule has 0 saturated carbocycles. The third kappa shape index (κ3) is 3.75. The van der Waals surface area contributed by atoms with Gasteiger partial charge in [-0.05, 0) is 48.7 Å². The van der Waals surface area contributed by atoms with Gasteiger partial charge in [0.2, 0.25) is 0 Å². The van der Waals surface area contributed by atoms with Crippen molar-refractivity contribution in [3.8, 4) is 11.8 Å². The van der Waals surface area contributed by atoms with Crippen LogP contribution in [0.3, 0.4) is 0 Å². The molecular formula is C22H20Cl2N4O3. The van der Waals surface area contributed by atoms with E-state index in [9.17, 15) is 9.59 Å². The SMILES string of the molecule is Cc1ccc(C)c(Oc2nc3c(c(=O)n(Cc4ccc(Cl)c(Cl)c4)c(=O)n3C)n2C)c1. The molecule has 9 heteroatoms. The summed E-state index contributed by atoms with van der Waals surface area (Å²) in [6.45, 7) is 3.95. The number of benzene rings is 2. The van der Waals surface area contributed by atoms with E-state index in [-0.39, 0.29) is 23.7 Å². The minimum atomic E-state index is -0.486. The molecule has 4 aromatic rings. The highest BCUT2D eigenvalue weighted by Gasteiger charge is 2.20. The summed E-state index contributed by atoms with van der Waals surface area (Å²) in [7, 11) is 3.26. The van der Waals surface area contributed by atoms with Crippen LogP contribution in [0, 0.1) is 13.8 Å². The van der Waals surface area contributed by atoms with Crippen LogP contribution >= 0.6 is 23.2 Å². The second kappa shape index (κ2) is 7.90. The number of rotatable bonds is 4. The molecule has 0 aliphatic heterocycles. The normalized spacial score (nSPS) is 11.3. The largest absolute Gasteiger partial charge is 0.425 e. The van der Waals surface area contributed by atoms with Gasteiger partial charge in [-0.2, -0.15) is 4.98 Å². The number of halogens is 2. The van der Waals surface area contributed by atoms with Gasteiger partial charge in [-0.3, -0.25) is 18.5 Å². The van der Waals surface area contributed by atoms with E-state index in [1.165, 1.54) is 4.57 Å². The van der Waals surface area contributed by atoms with Gasteiger partial charge < -0.3 is 4.74 Å². The summed E-state index contributed by atoms with van der Waals surface area (Å²) in [6, 6.07) is 11.1. The first-order valence-electron chi connectivity index (χ1n) is 9.52. The summed E-state index contributed by atoms with van der Waals surface area (Å²) in [5.74, 6) is 0.638. The predicted octanol–water partition coefficient (Wildman–Crippen LogP) is 4.20. The molecule has 0 aliphatic carbocycles. The average Bonchev–Trinajstić information content (AvgIpc) is 3.05. The zero-order valence-electron chi connectivity index (χ0n) is 17.4. The van der Waals surface area contributed by atoms with Gasteiger partial charge in [0.15, 0.2) is 11.2 Å². The molecule has 2 aromatic heterocycles. The summed E-state index contributed by atoms with van der Waals surface area (Å²) in [5.41, 5.74) is 2.22. The molecule has 0 spiro atoms. The summed E-state index contributed by atoms with van der Waals surface area (Å²) < 4.78 is 10.0. The molecule has 0 aliphatic rings. The van der Waals surface area contributed by atoms with Gasteiger partial charge in [0, 0.05) is 14.1 Å². The third-order valence-electron chi connectivity index (χ3n) is 5.19. The summed E-state index contributed by atoms with van der Waals surface area (Å²) in [4.78, 5) is 30.6. The number of ether oxygens (including phenoxy) is 1. The number of aryl methyl sites for hydroxylation is 4. The molecule has 2 heterocycles. The van der Waals surface area contributed by atoms with Crippen molar-refractivity contribution >= 4 is 34.4 Å². The first-order chi connectivity index (χ1) is 14.7. The molecule has 0 N–H and O–H groups in total. The summed E-state index contributed by atoms with van der Waals surface area (Å²) in [5, 5.41) is 0.760. The van der Waals surface area contributed by atoms with Crippen molar-refractivity contribution in [1.82, 2.24) is 18.7 Å². The Morgan fingerprint density at radius 2 is 1.71 bits per heavy atom. The van der Waals surface area contributed by atoms with Gasteiger partial charge in [-0.25, -0.2) is 4.79 Å². The van der Waals surface area contributed by atoms with Crippen molar-refractivity contribution in [3.05, 3.63) is 84.0 Å². The van der Waals surface area contributed by atoms with E-state index >= 15 is 0 Å². The van der Waals surface area contributed by atoms with Crippen LogP contribution in [0.5, 0.6) is 11.8 Å². The lowest BCUT2D eigenvalue weighted by atomic mass is 10.1. The summed E-state index contributed by atoms with van der Waals surface area (Å²) in [6.07, 6.45) is 0. The molecular weight excluding hydrogens is 439 g/mol. The Hall–Kier alpha value is -3.03. The van der Waals surface area contributed by atoms with Crippen LogP contribution in [-0.4, -0.2) is 18.7 Å². The van der Waals surface area contributed by atoms with Crippen LogP contribution in [-0.2, 0) is 20.6 Å². The maximum atomic E-state index is 13.2. The fraction of sp³-hybridized carbons (Fsp3) is 0.227. The zero-order chi connectivity index (χ0) is 22.4. The molecule has 160 valence electrons. The quantitative estimate of drug-likeness (QED) is 0.459. The van der Waals surface area contributed by atoms with E-state index in [1.807, 2.05) is 32.0 Å². The molecule has 0 amide bonds. The van der Waals surface area contributed by atoms with Gasteiger partial charge in [0.1, 0.15) is 5.75 Å². The van der Waals surface area contributed by atoms with Crippen LogP contribution in [0.2, 0.25) is 10.0 Å². The first-order valence-corrected chi connectivity index (χ1v) is 10.3. The highest BCUT2D eigenvalue weighted by molar-refractivity contribution is 6.42. The van der Waals surface area contributed by atoms with E-state index in [4.69, 9.17) is 27.9 Å². The molecule has 4 rings (SSSR count). The number of aromatic nitrogens is 4. The second-order valence-corrected chi connectivity index (χ2v) is 8.29. The molecule has 0 atom stereocenters. The minimum Gasteiger partial charge on any atom is -0.425 e. The van der Waals surface area contributed by atoms with Gasteiger partial charge in [-0.1, -0.05) is 41.4 Å². The fourth-order valence-electron chi connectivity index (χ4n) is 3.39. The van der Waals surface area contributed by atoms with Crippen LogP contribution in [0.1, 0.15) is 16.7 Å².